The zero-order valence-electron chi connectivity index (χ0n) is 15.8. The Labute approximate surface area is 167 Å². The van der Waals surface area contributed by atoms with Crippen LogP contribution in [0.4, 0.5) is 5.82 Å². The Kier molecular flexibility index (Phi) is 5.37. The summed E-state index contributed by atoms with van der Waals surface area (Å²) in [6.07, 6.45) is 0. The Morgan fingerprint density at radius 2 is 1.81 bits per heavy atom. The third-order valence-electron chi connectivity index (χ3n) is 4.12. The molecular formula is C21H22BrN3O2. The monoisotopic (exact) mass is 427 g/mol. The molecule has 5 nitrogen and oxygen atoms in total. The zero-order chi connectivity index (χ0) is 19.6. The molecule has 2 aromatic carbocycles. The number of rotatable bonds is 4. The third kappa shape index (κ3) is 4.39. The highest BCUT2D eigenvalue weighted by atomic mass is 79.9. The van der Waals surface area contributed by atoms with Crippen LogP contribution in [-0.4, -0.2) is 22.8 Å². The minimum absolute atomic E-state index is 0.146. The molecule has 6 heteroatoms. The fourth-order valence-corrected chi connectivity index (χ4v) is 2.97. The Hall–Kier alpha value is -2.60. The molecule has 3 aromatic rings. The molecule has 0 unspecified atom stereocenters. The number of amides is 1. The largest absolute Gasteiger partial charge is 0.497 e. The van der Waals surface area contributed by atoms with Gasteiger partial charge in [-0.05, 0) is 42.5 Å². The summed E-state index contributed by atoms with van der Waals surface area (Å²) in [5.74, 6) is 1.20. The molecule has 3 rings (SSSR count). The number of hydrogen-bond acceptors (Lipinski definition) is 3. The summed E-state index contributed by atoms with van der Waals surface area (Å²) in [5, 5.41) is 7.71. The van der Waals surface area contributed by atoms with Crippen LogP contribution >= 0.6 is 15.9 Å². The van der Waals surface area contributed by atoms with Crippen molar-refractivity contribution in [1.29, 1.82) is 0 Å². The second kappa shape index (κ2) is 7.56. The van der Waals surface area contributed by atoms with E-state index in [4.69, 9.17) is 9.84 Å². The van der Waals surface area contributed by atoms with Crippen LogP contribution in [0.2, 0.25) is 0 Å². The van der Waals surface area contributed by atoms with Crippen LogP contribution in [0.3, 0.4) is 0 Å². The highest BCUT2D eigenvalue weighted by Crippen LogP contribution is 2.27. The Morgan fingerprint density at radius 1 is 1.11 bits per heavy atom. The van der Waals surface area contributed by atoms with E-state index in [0.717, 1.165) is 21.6 Å². The van der Waals surface area contributed by atoms with Gasteiger partial charge in [-0.1, -0.05) is 42.8 Å². The van der Waals surface area contributed by atoms with Gasteiger partial charge in [0.15, 0.2) is 0 Å². The normalized spacial score (nSPS) is 11.3. The Balaban J connectivity index is 1.99. The molecule has 0 aliphatic carbocycles. The van der Waals surface area contributed by atoms with Crippen LogP contribution in [0.1, 0.15) is 36.8 Å². The van der Waals surface area contributed by atoms with Crippen LogP contribution < -0.4 is 10.1 Å². The molecule has 0 aliphatic rings. The van der Waals surface area contributed by atoms with E-state index in [0.29, 0.717) is 11.4 Å². The molecule has 0 spiro atoms. The molecular weight excluding hydrogens is 406 g/mol. The van der Waals surface area contributed by atoms with E-state index < -0.39 is 0 Å². The van der Waals surface area contributed by atoms with Crippen LogP contribution in [0.5, 0.6) is 5.75 Å². The lowest BCUT2D eigenvalue weighted by Crippen LogP contribution is -2.15. The number of benzene rings is 2. The van der Waals surface area contributed by atoms with Crippen LogP contribution in [-0.2, 0) is 5.41 Å². The first kappa shape index (κ1) is 19.2. The molecule has 27 heavy (non-hydrogen) atoms. The van der Waals surface area contributed by atoms with Gasteiger partial charge in [0.2, 0.25) is 0 Å². The van der Waals surface area contributed by atoms with Gasteiger partial charge in [0.05, 0.1) is 18.5 Å². The molecule has 1 amide bonds. The number of halogens is 1. The summed E-state index contributed by atoms with van der Waals surface area (Å²) in [4.78, 5) is 12.7. The van der Waals surface area contributed by atoms with Crippen molar-refractivity contribution >= 4 is 27.7 Å². The molecule has 140 valence electrons. The maximum absolute atomic E-state index is 12.7. The van der Waals surface area contributed by atoms with Crippen LogP contribution in [0, 0.1) is 0 Å². The summed E-state index contributed by atoms with van der Waals surface area (Å²) in [6.45, 7) is 6.27. The molecule has 0 bridgehead atoms. The summed E-state index contributed by atoms with van der Waals surface area (Å²) in [6, 6.07) is 16.8. The number of nitrogens with zero attached hydrogens (tertiary/aromatic N) is 2. The van der Waals surface area contributed by atoms with Gasteiger partial charge in [-0.2, -0.15) is 5.10 Å². The maximum atomic E-state index is 12.7. The quantitative estimate of drug-likeness (QED) is 0.622. The second-order valence-electron chi connectivity index (χ2n) is 7.24. The smallest absolute Gasteiger partial charge is 0.256 e. The Bertz CT molecular complexity index is 956. The number of nitrogens with one attached hydrogen (secondary N) is 1. The number of methoxy groups -OCH3 is 1. The number of carbonyl (C=O) groups excluding carboxylic acids is 1. The van der Waals surface area contributed by atoms with Crippen molar-refractivity contribution in [3.8, 4) is 11.4 Å². The van der Waals surface area contributed by atoms with Gasteiger partial charge in [-0.3, -0.25) is 4.79 Å². The van der Waals surface area contributed by atoms with E-state index in [-0.39, 0.29) is 11.3 Å². The van der Waals surface area contributed by atoms with Gasteiger partial charge >= 0.3 is 0 Å². The highest BCUT2D eigenvalue weighted by molar-refractivity contribution is 9.10. The van der Waals surface area contributed by atoms with E-state index >= 15 is 0 Å². The van der Waals surface area contributed by atoms with Crippen molar-refractivity contribution < 1.29 is 9.53 Å². The third-order valence-corrected chi connectivity index (χ3v) is 4.62. The fraction of sp³-hybridized carbons (Fsp3) is 0.238. The summed E-state index contributed by atoms with van der Waals surface area (Å²) >= 11 is 3.40. The predicted molar refractivity (Wildman–Crippen MR) is 111 cm³/mol. The standard InChI is InChI=1S/C21H22BrN3O2/c1-21(2,3)18-13-19(23-20(26)14-6-5-7-15(22)12-14)25(24-18)16-8-10-17(27-4)11-9-16/h5-13H,1-4H3,(H,23,26). The molecule has 1 heterocycles. The molecule has 0 aliphatic heterocycles. The van der Waals surface area contributed by atoms with Gasteiger partial charge in [0, 0.05) is 21.5 Å². The van der Waals surface area contributed by atoms with Crippen molar-refractivity contribution in [1.82, 2.24) is 9.78 Å². The average molecular weight is 428 g/mol. The van der Waals surface area contributed by atoms with Crippen molar-refractivity contribution in [2.24, 2.45) is 0 Å². The predicted octanol–water partition coefficient (Wildman–Crippen LogP) is 5.19. The van der Waals surface area contributed by atoms with Gasteiger partial charge < -0.3 is 10.1 Å². The lowest BCUT2D eigenvalue weighted by Gasteiger charge is -2.14. The average Bonchev–Trinajstić information content (AvgIpc) is 3.06. The lowest BCUT2D eigenvalue weighted by molar-refractivity contribution is 0.102. The minimum Gasteiger partial charge on any atom is -0.497 e. The molecule has 0 fully saturated rings. The second-order valence-corrected chi connectivity index (χ2v) is 8.15. The molecule has 1 aromatic heterocycles. The van der Waals surface area contributed by atoms with Crippen LogP contribution in [0.25, 0.3) is 5.69 Å². The van der Waals surface area contributed by atoms with Crippen LogP contribution in [0.15, 0.2) is 59.1 Å². The van der Waals surface area contributed by atoms with Gasteiger partial charge in [0.25, 0.3) is 5.91 Å². The zero-order valence-corrected chi connectivity index (χ0v) is 17.4. The Morgan fingerprint density at radius 3 is 2.41 bits per heavy atom. The molecule has 0 atom stereocenters. The summed E-state index contributed by atoms with van der Waals surface area (Å²) < 4.78 is 7.83. The van der Waals surface area contributed by atoms with E-state index in [2.05, 4.69) is 42.0 Å². The van der Waals surface area contributed by atoms with Crippen molar-refractivity contribution in [3.63, 3.8) is 0 Å². The molecule has 1 N–H and O–H groups in total. The number of anilines is 1. The van der Waals surface area contributed by atoms with Gasteiger partial charge in [-0.25, -0.2) is 4.68 Å². The minimum atomic E-state index is -0.188. The van der Waals surface area contributed by atoms with Gasteiger partial charge in [-0.15, -0.1) is 0 Å². The summed E-state index contributed by atoms with van der Waals surface area (Å²) in [7, 11) is 1.63. The fourth-order valence-electron chi connectivity index (χ4n) is 2.58. The first-order valence-electron chi connectivity index (χ1n) is 8.60. The number of aromatic nitrogens is 2. The van der Waals surface area contributed by atoms with Crippen molar-refractivity contribution in [2.45, 2.75) is 26.2 Å². The maximum Gasteiger partial charge on any atom is 0.256 e. The number of carbonyl (C=O) groups is 1. The van der Waals surface area contributed by atoms with Gasteiger partial charge in [0.1, 0.15) is 11.6 Å². The van der Waals surface area contributed by atoms with Crippen molar-refractivity contribution in [3.05, 3.63) is 70.3 Å². The number of ether oxygens (including phenoxy) is 1. The number of hydrogen-bond donors (Lipinski definition) is 1. The topological polar surface area (TPSA) is 56.1 Å². The highest BCUT2D eigenvalue weighted by Gasteiger charge is 2.22. The first-order chi connectivity index (χ1) is 12.8. The van der Waals surface area contributed by atoms with E-state index in [1.807, 2.05) is 42.5 Å². The summed E-state index contributed by atoms with van der Waals surface area (Å²) in [5.41, 5.74) is 2.16. The molecule has 0 radical (unpaired) electrons. The lowest BCUT2D eigenvalue weighted by atomic mass is 9.92. The molecule has 0 saturated heterocycles. The van der Waals surface area contributed by atoms with Crippen molar-refractivity contribution in [2.75, 3.05) is 12.4 Å². The SMILES string of the molecule is COc1ccc(-n2nc(C(C)(C)C)cc2NC(=O)c2cccc(Br)c2)cc1. The van der Waals surface area contributed by atoms with E-state index in [1.54, 1.807) is 23.9 Å². The van der Waals surface area contributed by atoms with E-state index in [1.165, 1.54) is 0 Å². The molecule has 0 saturated carbocycles. The van der Waals surface area contributed by atoms with E-state index in [9.17, 15) is 4.79 Å². The first-order valence-corrected chi connectivity index (χ1v) is 9.39.